The lowest BCUT2D eigenvalue weighted by Gasteiger charge is -2.28. The molecule has 0 atom stereocenters. The number of hydrogen-bond donors (Lipinski definition) is 1. The normalized spacial score (nSPS) is 13.6. The van der Waals surface area contributed by atoms with Crippen LogP contribution in [0.5, 0.6) is 5.75 Å². The smallest absolute Gasteiger partial charge is 0.260 e. The zero-order valence-electron chi connectivity index (χ0n) is 12.7. The molecule has 2 aromatic carbocycles. The molecule has 1 amide bonds. The van der Waals surface area contributed by atoms with Crippen molar-refractivity contribution in [3.63, 3.8) is 0 Å². The molecule has 1 aliphatic heterocycles. The molecular formula is C18H18BrNO3. The molecule has 0 aromatic heterocycles. The molecule has 2 aromatic rings. The van der Waals surface area contributed by atoms with Gasteiger partial charge in [-0.2, -0.15) is 0 Å². The second kappa shape index (κ2) is 7.15. The van der Waals surface area contributed by atoms with Gasteiger partial charge in [-0.1, -0.05) is 40.2 Å². The number of carbonyl (C=O) groups is 1. The van der Waals surface area contributed by atoms with Crippen LogP contribution in [-0.2, 0) is 24.4 Å². The van der Waals surface area contributed by atoms with Crippen molar-refractivity contribution in [1.82, 2.24) is 4.90 Å². The molecule has 0 aliphatic carbocycles. The highest BCUT2D eigenvalue weighted by Crippen LogP contribution is 2.24. The van der Waals surface area contributed by atoms with Crippen molar-refractivity contribution in [1.29, 1.82) is 0 Å². The lowest BCUT2D eigenvalue weighted by molar-refractivity contribution is -0.134. The maximum atomic E-state index is 12.4. The van der Waals surface area contributed by atoms with Crippen LogP contribution >= 0.6 is 15.9 Å². The lowest BCUT2D eigenvalue weighted by Crippen LogP contribution is -2.38. The molecule has 0 spiro atoms. The van der Waals surface area contributed by atoms with Crippen molar-refractivity contribution >= 4 is 21.8 Å². The fraction of sp³-hybridized carbons (Fsp3) is 0.278. The highest BCUT2D eigenvalue weighted by atomic mass is 79.9. The van der Waals surface area contributed by atoms with Gasteiger partial charge in [0.1, 0.15) is 5.75 Å². The summed E-state index contributed by atoms with van der Waals surface area (Å²) in [6.45, 7) is 1.20. The van der Waals surface area contributed by atoms with E-state index in [1.54, 1.807) is 12.1 Å². The van der Waals surface area contributed by atoms with Crippen molar-refractivity contribution in [3.8, 4) is 5.75 Å². The van der Waals surface area contributed by atoms with Gasteiger partial charge in [0.05, 0.1) is 6.61 Å². The topological polar surface area (TPSA) is 49.8 Å². The zero-order valence-corrected chi connectivity index (χ0v) is 14.3. The van der Waals surface area contributed by atoms with Crippen LogP contribution in [0, 0.1) is 0 Å². The number of amides is 1. The summed E-state index contributed by atoms with van der Waals surface area (Å²) in [6, 6.07) is 13.6. The highest BCUT2D eigenvalue weighted by molar-refractivity contribution is 9.10. The number of carbonyl (C=O) groups excluding carboxylic acids is 1. The number of nitrogens with zero attached hydrogens (tertiary/aromatic N) is 1. The standard InChI is InChI=1S/C18H18BrNO3/c19-16-5-6-17(15(9-16)11-21)23-12-18(22)20-8-7-13-3-1-2-4-14(13)10-20/h1-6,9,21H,7-8,10-12H2. The van der Waals surface area contributed by atoms with E-state index in [4.69, 9.17) is 4.74 Å². The number of benzene rings is 2. The highest BCUT2D eigenvalue weighted by Gasteiger charge is 2.20. The Morgan fingerprint density at radius 2 is 2.00 bits per heavy atom. The molecule has 3 rings (SSSR count). The van der Waals surface area contributed by atoms with Gasteiger partial charge < -0.3 is 14.7 Å². The van der Waals surface area contributed by atoms with Gasteiger partial charge in [-0.25, -0.2) is 0 Å². The average molecular weight is 376 g/mol. The summed E-state index contributed by atoms with van der Waals surface area (Å²) in [4.78, 5) is 14.2. The van der Waals surface area contributed by atoms with E-state index in [9.17, 15) is 9.90 Å². The molecule has 0 saturated carbocycles. The Hall–Kier alpha value is -1.85. The third-order valence-electron chi connectivity index (χ3n) is 4.03. The monoisotopic (exact) mass is 375 g/mol. The minimum atomic E-state index is -0.125. The van der Waals surface area contributed by atoms with E-state index in [0.717, 1.165) is 10.9 Å². The predicted octanol–water partition coefficient (Wildman–Crippen LogP) is 2.91. The fourth-order valence-corrected chi connectivity index (χ4v) is 3.16. The quantitative estimate of drug-likeness (QED) is 0.893. The van der Waals surface area contributed by atoms with Crippen LogP contribution in [0.4, 0.5) is 0 Å². The third kappa shape index (κ3) is 3.74. The summed E-state index contributed by atoms with van der Waals surface area (Å²) in [5.41, 5.74) is 3.18. The van der Waals surface area contributed by atoms with Gasteiger partial charge in [0.15, 0.2) is 6.61 Å². The SMILES string of the molecule is O=C(COc1ccc(Br)cc1CO)N1CCc2ccccc2C1. The lowest BCUT2D eigenvalue weighted by atomic mass is 10.00. The summed E-state index contributed by atoms with van der Waals surface area (Å²) in [5, 5.41) is 9.37. The number of fused-ring (bicyclic) bond motifs is 1. The Morgan fingerprint density at radius 1 is 1.22 bits per heavy atom. The van der Waals surface area contributed by atoms with Crippen LogP contribution < -0.4 is 4.74 Å². The molecule has 0 unspecified atom stereocenters. The van der Waals surface area contributed by atoms with Gasteiger partial charge in [0.2, 0.25) is 0 Å². The predicted molar refractivity (Wildman–Crippen MR) is 91.1 cm³/mol. The zero-order chi connectivity index (χ0) is 16.2. The van der Waals surface area contributed by atoms with E-state index >= 15 is 0 Å². The number of halogens is 1. The van der Waals surface area contributed by atoms with Crippen LogP contribution in [0.2, 0.25) is 0 Å². The summed E-state index contributed by atoms with van der Waals surface area (Å²) >= 11 is 3.35. The Bertz CT molecular complexity index is 717. The third-order valence-corrected chi connectivity index (χ3v) is 4.52. The van der Waals surface area contributed by atoms with Crippen molar-refractivity contribution < 1.29 is 14.6 Å². The van der Waals surface area contributed by atoms with Crippen molar-refractivity contribution in [2.45, 2.75) is 19.6 Å². The van der Waals surface area contributed by atoms with Crippen LogP contribution in [0.1, 0.15) is 16.7 Å². The van der Waals surface area contributed by atoms with Gasteiger partial charge in [-0.15, -0.1) is 0 Å². The average Bonchev–Trinajstić information content (AvgIpc) is 2.59. The van der Waals surface area contributed by atoms with Gasteiger partial charge >= 0.3 is 0 Å². The molecule has 0 radical (unpaired) electrons. The molecule has 4 nitrogen and oxygen atoms in total. The number of aliphatic hydroxyl groups excluding tert-OH is 1. The Labute approximate surface area is 143 Å². The first kappa shape index (κ1) is 16.0. The largest absolute Gasteiger partial charge is 0.483 e. The molecule has 1 aliphatic rings. The second-order valence-electron chi connectivity index (χ2n) is 5.53. The molecule has 23 heavy (non-hydrogen) atoms. The molecule has 1 N–H and O–H groups in total. The van der Waals surface area contributed by atoms with E-state index in [0.29, 0.717) is 24.4 Å². The van der Waals surface area contributed by atoms with Gasteiger partial charge in [-0.05, 0) is 35.7 Å². The Morgan fingerprint density at radius 3 is 2.78 bits per heavy atom. The number of aliphatic hydroxyl groups is 1. The van der Waals surface area contributed by atoms with Crippen molar-refractivity contribution in [2.24, 2.45) is 0 Å². The van der Waals surface area contributed by atoms with Crippen LogP contribution in [0.15, 0.2) is 46.9 Å². The van der Waals surface area contributed by atoms with Crippen LogP contribution in [0.3, 0.4) is 0 Å². The molecule has 0 fully saturated rings. The maximum Gasteiger partial charge on any atom is 0.260 e. The molecule has 5 heteroatoms. The second-order valence-corrected chi connectivity index (χ2v) is 6.45. The first-order valence-electron chi connectivity index (χ1n) is 7.54. The van der Waals surface area contributed by atoms with Crippen molar-refractivity contribution in [2.75, 3.05) is 13.2 Å². The van der Waals surface area contributed by atoms with E-state index in [2.05, 4.69) is 28.1 Å². The van der Waals surface area contributed by atoms with E-state index in [1.165, 1.54) is 11.1 Å². The molecule has 120 valence electrons. The summed E-state index contributed by atoms with van der Waals surface area (Å²) < 4.78 is 6.48. The summed E-state index contributed by atoms with van der Waals surface area (Å²) in [5.74, 6) is 0.507. The van der Waals surface area contributed by atoms with Gasteiger partial charge in [0.25, 0.3) is 5.91 Å². The Kier molecular flexibility index (Phi) is 4.98. The molecule has 1 heterocycles. The van der Waals surface area contributed by atoms with Crippen LogP contribution in [-0.4, -0.2) is 29.1 Å². The minimum absolute atomic E-state index is 0.0171. The minimum Gasteiger partial charge on any atom is -0.483 e. The van der Waals surface area contributed by atoms with E-state index in [1.807, 2.05) is 23.1 Å². The fourth-order valence-electron chi connectivity index (χ4n) is 2.75. The molecule has 0 saturated heterocycles. The molecular weight excluding hydrogens is 358 g/mol. The van der Waals surface area contributed by atoms with Gasteiger partial charge in [-0.3, -0.25) is 4.79 Å². The first-order chi connectivity index (χ1) is 11.2. The van der Waals surface area contributed by atoms with E-state index < -0.39 is 0 Å². The van der Waals surface area contributed by atoms with Crippen LogP contribution in [0.25, 0.3) is 0 Å². The first-order valence-corrected chi connectivity index (χ1v) is 8.33. The Balaban J connectivity index is 1.62. The number of rotatable bonds is 4. The van der Waals surface area contributed by atoms with E-state index in [-0.39, 0.29) is 19.1 Å². The summed E-state index contributed by atoms with van der Waals surface area (Å²) in [6.07, 6.45) is 0.877. The number of hydrogen-bond acceptors (Lipinski definition) is 3. The summed E-state index contributed by atoms with van der Waals surface area (Å²) in [7, 11) is 0. The van der Waals surface area contributed by atoms with Crippen molar-refractivity contribution in [3.05, 3.63) is 63.6 Å². The maximum absolute atomic E-state index is 12.4. The van der Waals surface area contributed by atoms with Gasteiger partial charge in [0, 0.05) is 23.1 Å². The molecule has 0 bridgehead atoms. The number of ether oxygens (including phenoxy) is 1.